The van der Waals surface area contributed by atoms with E-state index in [9.17, 15) is 9.59 Å². The number of anilines is 1. The van der Waals surface area contributed by atoms with Gasteiger partial charge in [-0.2, -0.15) is 0 Å². The molecule has 3 fully saturated rings. The Balaban J connectivity index is 1.24. The van der Waals surface area contributed by atoms with Crippen LogP contribution in [0.3, 0.4) is 0 Å². The van der Waals surface area contributed by atoms with E-state index in [1.54, 1.807) is 12.3 Å². The molecule has 0 aliphatic carbocycles. The van der Waals surface area contributed by atoms with Crippen molar-refractivity contribution in [2.75, 3.05) is 57.4 Å². The first kappa shape index (κ1) is 22.8. The maximum Gasteiger partial charge on any atom is 0.254 e. The number of benzene rings is 1. The highest BCUT2D eigenvalue weighted by Gasteiger charge is 2.41. The molecular weight excluding hydrogens is 432 g/mol. The number of aromatic nitrogens is 1. The van der Waals surface area contributed by atoms with Crippen molar-refractivity contribution < 1.29 is 19.1 Å². The summed E-state index contributed by atoms with van der Waals surface area (Å²) in [5.41, 5.74) is 1.39. The summed E-state index contributed by atoms with van der Waals surface area (Å²) in [6, 6.07) is 13.8. The van der Waals surface area contributed by atoms with Gasteiger partial charge in [0.2, 0.25) is 5.91 Å². The molecule has 180 valence electrons. The molecule has 1 atom stereocenters. The van der Waals surface area contributed by atoms with E-state index in [4.69, 9.17) is 9.47 Å². The van der Waals surface area contributed by atoms with Crippen molar-refractivity contribution in [3.05, 3.63) is 59.8 Å². The van der Waals surface area contributed by atoms with Crippen molar-refractivity contribution in [1.29, 1.82) is 0 Å². The molecule has 0 unspecified atom stereocenters. The van der Waals surface area contributed by atoms with Crippen molar-refractivity contribution in [3.63, 3.8) is 0 Å². The lowest BCUT2D eigenvalue weighted by molar-refractivity contribution is -0.166. The number of ether oxygens (including phenoxy) is 2. The fourth-order valence-corrected chi connectivity index (χ4v) is 5.11. The number of morpholine rings is 2. The Bertz CT molecular complexity index is 1010. The quantitative estimate of drug-likeness (QED) is 0.692. The van der Waals surface area contributed by atoms with Crippen molar-refractivity contribution in [2.24, 2.45) is 0 Å². The second-order valence-electron chi connectivity index (χ2n) is 9.35. The molecule has 34 heavy (non-hydrogen) atoms. The highest BCUT2D eigenvalue weighted by atomic mass is 16.5. The topological polar surface area (TPSA) is 75.2 Å². The second kappa shape index (κ2) is 10.1. The van der Waals surface area contributed by atoms with E-state index in [0.29, 0.717) is 45.0 Å². The fourth-order valence-electron chi connectivity index (χ4n) is 5.11. The monoisotopic (exact) mass is 464 g/mol. The van der Waals surface area contributed by atoms with E-state index >= 15 is 0 Å². The van der Waals surface area contributed by atoms with Crippen LogP contribution in [-0.4, -0.2) is 84.7 Å². The Morgan fingerprint density at radius 1 is 1.03 bits per heavy atom. The van der Waals surface area contributed by atoms with Gasteiger partial charge in [0.25, 0.3) is 5.91 Å². The average molecular weight is 465 g/mol. The van der Waals surface area contributed by atoms with Crippen LogP contribution in [0, 0.1) is 0 Å². The van der Waals surface area contributed by atoms with Crippen LogP contribution in [0.4, 0.5) is 5.82 Å². The first-order valence-corrected chi connectivity index (χ1v) is 12.2. The molecule has 1 aromatic heterocycles. The second-order valence-corrected chi connectivity index (χ2v) is 9.35. The number of pyridine rings is 1. The van der Waals surface area contributed by atoms with Gasteiger partial charge in [-0.25, -0.2) is 4.98 Å². The third-order valence-corrected chi connectivity index (χ3v) is 7.06. The Morgan fingerprint density at radius 2 is 1.85 bits per heavy atom. The predicted molar refractivity (Wildman–Crippen MR) is 128 cm³/mol. The molecule has 0 bridgehead atoms. The predicted octanol–water partition coefficient (Wildman–Crippen LogP) is 2.34. The fraction of sp³-hybridized carbons (Fsp3) is 0.500. The minimum atomic E-state index is -0.394. The van der Waals surface area contributed by atoms with E-state index in [-0.39, 0.29) is 18.4 Å². The van der Waals surface area contributed by atoms with Gasteiger partial charge in [-0.05, 0) is 37.0 Å². The molecule has 2 amide bonds. The van der Waals surface area contributed by atoms with Gasteiger partial charge in [-0.3, -0.25) is 9.59 Å². The molecular formula is C26H32N4O4. The van der Waals surface area contributed by atoms with Gasteiger partial charge in [-0.15, -0.1) is 0 Å². The normalized spacial score (nSPS) is 23.8. The Labute approximate surface area is 200 Å². The minimum absolute atomic E-state index is 0.0269. The summed E-state index contributed by atoms with van der Waals surface area (Å²) in [4.78, 5) is 36.4. The lowest BCUT2D eigenvalue weighted by atomic mass is 9.92. The molecule has 2 aromatic rings. The van der Waals surface area contributed by atoms with Crippen molar-refractivity contribution in [1.82, 2.24) is 14.8 Å². The summed E-state index contributed by atoms with van der Waals surface area (Å²) in [6.45, 7) is 5.49. The van der Waals surface area contributed by atoms with Gasteiger partial charge in [0, 0.05) is 44.5 Å². The maximum atomic E-state index is 13.4. The Morgan fingerprint density at radius 3 is 2.68 bits per heavy atom. The molecule has 8 nitrogen and oxygen atoms in total. The minimum Gasteiger partial charge on any atom is -0.378 e. The molecule has 0 radical (unpaired) electrons. The van der Waals surface area contributed by atoms with Crippen LogP contribution in [0.25, 0.3) is 0 Å². The van der Waals surface area contributed by atoms with Gasteiger partial charge >= 0.3 is 0 Å². The number of amides is 2. The van der Waals surface area contributed by atoms with Gasteiger partial charge in [0.15, 0.2) is 0 Å². The maximum absolute atomic E-state index is 13.4. The van der Waals surface area contributed by atoms with Gasteiger partial charge in [0.1, 0.15) is 12.4 Å². The summed E-state index contributed by atoms with van der Waals surface area (Å²) in [5.74, 6) is 0.882. The SMILES string of the molecule is O=C1CO[C@]2(CCCN(C(=O)c3ccnc(N4CCOCC4)c3)CC2)CN1Cc1ccccc1. The van der Waals surface area contributed by atoms with E-state index in [1.807, 2.05) is 46.2 Å². The molecule has 1 aromatic carbocycles. The molecule has 4 heterocycles. The standard InChI is InChI=1S/C26H32N4O4/c31-24-19-34-26(20-30(24)18-21-5-2-1-3-6-21)8-4-11-29(12-9-26)25(32)22-7-10-27-23(17-22)28-13-15-33-16-14-28/h1-3,5-7,10,17H,4,8-9,11-16,18-20H2/t26-/m0/s1. The van der Waals surface area contributed by atoms with Gasteiger partial charge in [-0.1, -0.05) is 30.3 Å². The molecule has 5 rings (SSSR count). The molecule has 0 saturated carbocycles. The number of likely N-dealkylation sites (tertiary alicyclic amines) is 1. The molecule has 8 heteroatoms. The number of rotatable bonds is 4. The first-order chi connectivity index (χ1) is 16.6. The molecule has 0 N–H and O–H groups in total. The first-order valence-electron chi connectivity index (χ1n) is 12.2. The lowest BCUT2D eigenvalue weighted by Crippen LogP contribution is -2.54. The molecule has 3 aliphatic heterocycles. The Hall–Kier alpha value is -2.97. The van der Waals surface area contributed by atoms with Crippen LogP contribution in [0.15, 0.2) is 48.7 Å². The van der Waals surface area contributed by atoms with Crippen molar-refractivity contribution >= 4 is 17.6 Å². The highest BCUT2D eigenvalue weighted by Crippen LogP contribution is 2.32. The highest BCUT2D eigenvalue weighted by molar-refractivity contribution is 5.95. The Kier molecular flexibility index (Phi) is 6.78. The van der Waals surface area contributed by atoms with Crippen LogP contribution in [0.5, 0.6) is 0 Å². The zero-order chi connectivity index (χ0) is 23.4. The molecule has 3 saturated heterocycles. The number of hydrogen-bond donors (Lipinski definition) is 0. The van der Waals surface area contributed by atoms with Crippen molar-refractivity contribution in [3.8, 4) is 0 Å². The number of carbonyl (C=O) groups excluding carboxylic acids is 2. The summed E-state index contributed by atoms with van der Waals surface area (Å²) < 4.78 is 11.6. The van der Waals surface area contributed by atoms with Crippen LogP contribution < -0.4 is 4.90 Å². The van der Waals surface area contributed by atoms with Gasteiger partial charge < -0.3 is 24.2 Å². The van der Waals surface area contributed by atoms with Crippen LogP contribution in [0.1, 0.15) is 35.2 Å². The van der Waals surface area contributed by atoms with Crippen molar-refractivity contribution in [2.45, 2.75) is 31.4 Å². The lowest BCUT2D eigenvalue weighted by Gasteiger charge is -2.42. The van der Waals surface area contributed by atoms with Crippen LogP contribution in [0.2, 0.25) is 0 Å². The van der Waals surface area contributed by atoms with E-state index in [0.717, 1.165) is 43.7 Å². The van der Waals surface area contributed by atoms with Crippen LogP contribution in [-0.2, 0) is 20.8 Å². The number of carbonyl (C=O) groups is 2. The van der Waals surface area contributed by atoms with E-state index in [2.05, 4.69) is 9.88 Å². The largest absolute Gasteiger partial charge is 0.378 e. The summed E-state index contributed by atoms with van der Waals surface area (Å²) in [6.07, 6.45) is 4.12. The number of hydrogen-bond acceptors (Lipinski definition) is 6. The van der Waals surface area contributed by atoms with E-state index < -0.39 is 5.60 Å². The average Bonchev–Trinajstić information content (AvgIpc) is 3.10. The summed E-state index contributed by atoms with van der Waals surface area (Å²) in [7, 11) is 0. The number of nitrogens with zero attached hydrogens (tertiary/aromatic N) is 4. The van der Waals surface area contributed by atoms with Crippen LogP contribution >= 0.6 is 0 Å². The smallest absolute Gasteiger partial charge is 0.254 e. The zero-order valence-corrected chi connectivity index (χ0v) is 19.5. The molecule has 1 spiro atoms. The molecule has 3 aliphatic rings. The van der Waals surface area contributed by atoms with E-state index in [1.165, 1.54) is 0 Å². The summed E-state index contributed by atoms with van der Waals surface area (Å²) in [5, 5.41) is 0. The third-order valence-electron chi connectivity index (χ3n) is 7.06. The van der Waals surface area contributed by atoms with Gasteiger partial charge in [0.05, 0.1) is 25.4 Å². The summed E-state index contributed by atoms with van der Waals surface area (Å²) >= 11 is 0. The third kappa shape index (κ3) is 5.08. The zero-order valence-electron chi connectivity index (χ0n) is 19.5.